The van der Waals surface area contributed by atoms with Crippen molar-refractivity contribution in [1.29, 1.82) is 5.26 Å². The lowest BCUT2D eigenvalue weighted by Crippen LogP contribution is -2.27. The molecule has 2 N–H and O–H groups in total. The monoisotopic (exact) mass is 286 g/mol. The summed E-state index contributed by atoms with van der Waals surface area (Å²) in [5.74, 6) is -1.04. The van der Waals surface area contributed by atoms with Crippen LogP contribution in [0.4, 0.5) is 5.69 Å². The van der Waals surface area contributed by atoms with Gasteiger partial charge >= 0.3 is 5.97 Å². The Balaban J connectivity index is 2.02. The second kappa shape index (κ2) is 6.40. The molecule has 0 saturated heterocycles. The smallest absolute Gasteiger partial charge is 0.303 e. The van der Waals surface area contributed by atoms with E-state index in [1.165, 1.54) is 0 Å². The number of nitrogens with zero attached hydrogens (tertiary/aromatic N) is 1. The molecule has 0 spiro atoms. The maximum atomic E-state index is 12.2. The predicted octanol–water partition coefficient (Wildman–Crippen LogP) is 2.92. The van der Waals surface area contributed by atoms with Crippen molar-refractivity contribution in [2.45, 2.75) is 38.5 Å². The standard InChI is InChI=1S/C16H18N2O3/c17-11-12-4-3-5-13(8-12)18-14(19)9-16(10-15(20)21)6-1-2-7-16/h3-5,8H,1-2,6-7,9-10H2,(H,18,19)(H,20,21). The van der Waals surface area contributed by atoms with Gasteiger partial charge in [-0.05, 0) is 36.5 Å². The maximum Gasteiger partial charge on any atom is 0.303 e. The summed E-state index contributed by atoms with van der Waals surface area (Å²) in [6.45, 7) is 0. The Hall–Kier alpha value is -2.35. The van der Waals surface area contributed by atoms with Gasteiger partial charge in [0.2, 0.25) is 5.91 Å². The van der Waals surface area contributed by atoms with Crippen LogP contribution in [0.5, 0.6) is 0 Å². The number of anilines is 1. The molecule has 0 unspecified atom stereocenters. The Kier molecular flexibility index (Phi) is 4.59. The number of amides is 1. The summed E-state index contributed by atoms with van der Waals surface area (Å²) in [5, 5.41) is 20.6. The minimum atomic E-state index is -0.851. The summed E-state index contributed by atoms with van der Waals surface area (Å²) in [4.78, 5) is 23.2. The van der Waals surface area contributed by atoms with E-state index in [0.717, 1.165) is 25.7 Å². The molecule has 1 aliphatic carbocycles. The Labute approximate surface area is 123 Å². The van der Waals surface area contributed by atoms with Crippen molar-refractivity contribution in [2.75, 3.05) is 5.32 Å². The van der Waals surface area contributed by atoms with Gasteiger partial charge in [-0.2, -0.15) is 5.26 Å². The molecule has 1 aromatic rings. The lowest BCUT2D eigenvalue weighted by Gasteiger charge is -2.26. The minimum Gasteiger partial charge on any atom is -0.481 e. The molecule has 0 atom stereocenters. The molecule has 1 fully saturated rings. The van der Waals surface area contributed by atoms with E-state index in [0.29, 0.717) is 11.3 Å². The van der Waals surface area contributed by atoms with Gasteiger partial charge in [0.05, 0.1) is 18.1 Å². The maximum absolute atomic E-state index is 12.2. The first-order valence-corrected chi connectivity index (χ1v) is 7.05. The zero-order valence-electron chi connectivity index (χ0n) is 11.8. The van der Waals surface area contributed by atoms with Gasteiger partial charge in [0.25, 0.3) is 0 Å². The minimum absolute atomic E-state index is 0.0403. The molecule has 0 aromatic heterocycles. The molecular weight excluding hydrogens is 268 g/mol. The molecule has 1 saturated carbocycles. The van der Waals surface area contributed by atoms with Crippen molar-refractivity contribution in [3.8, 4) is 6.07 Å². The van der Waals surface area contributed by atoms with E-state index in [1.54, 1.807) is 24.3 Å². The summed E-state index contributed by atoms with van der Waals surface area (Å²) >= 11 is 0. The van der Waals surface area contributed by atoms with Crippen molar-refractivity contribution in [3.63, 3.8) is 0 Å². The fourth-order valence-electron chi connectivity index (χ4n) is 3.07. The Bertz CT molecular complexity index is 583. The molecule has 21 heavy (non-hydrogen) atoms. The van der Waals surface area contributed by atoms with Crippen LogP contribution in [0.15, 0.2) is 24.3 Å². The molecule has 2 rings (SSSR count). The first kappa shape index (κ1) is 15.0. The Morgan fingerprint density at radius 3 is 2.62 bits per heavy atom. The van der Waals surface area contributed by atoms with Crippen LogP contribution in [-0.4, -0.2) is 17.0 Å². The van der Waals surface area contributed by atoms with Gasteiger partial charge in [0.1, 0.15) is 0 Å². The fraction of sp³-hybridized carbons (Fsp3) is 0.438. The molecule has 5 heteroatoms. The van der Waals surface area contributed by atoms with Crippen molar-refractivity contribution in [3.05, 3.63) is 29.8 Å². The van der Waals surface area contributed by atoms with Crippen LogP contribution < -0.4 is 5.32 Å². The topological polar surface area (TPSA) is 90.2 Å². The van der Waals surface area contributed by atoms with E-state index in [1.807, 2.05) is 6.07 Å². The number of aliphatic carboxylic acids is 1. The number of hydrogen-bond acceptors (Lipinski definition) is 3. The largest absolute Gasteiger partial charge is 0.481 e. The Morgan fingerprint density at radius 1 is 1.29 bits per heavy atom. The lowest BCUT2D eigenvalue weighted by atomic mass is 9.79. The third-order valence-electron chi connectivity index (χ3n) is 4.00. The molecule has 0 bridgehead atoms. The van der Waals surface area contributed by atoms with Crippen LogP contribution in [0.3, 0.4) is 0 Å². The number of carboxylic acid groups (broad SMARTS) is 1. The Morgan fingerprint density at radius 2 is 2.00 bits per heavy atom. The van der Waals surface area contributed by atoms with Crippen LogP contribution in [0.2, 0.25) is 0 Å². The number of nitrogens with one attached hydrogen (secondary N) is 1. The molecule has 0 radical (unpaired) electrons. The van der Waals surface area contributed by atoms with Gasteiger partial charge in [-0.1, -0.05) is 18.9 Å². The second-order valence-electron chi connectivity index (χ2n) is 5.70. The summed E-state index contributed by atoms with van der Waals surface area (Å²) in [5.41, 5.74) is 0.638. The first-order chi connectivity index (χ1) is 10.0. The van der Waals surface area contributed by atoms with Crippen LogP contribution in [-0.2, 0) is 9.59 Å². The van der Waals surface area contributed by atoms with Crippen molar-refractivity contribution >= 4 is 17.6 Å². The lowest BCUT2D eigenvalue weighted by molar-refractivity contribution is -0.140. The van der Waals surface area contributed by atoms with Crippen LogP contribution >= 0.6 is 0 Å². The number of rotatable bonds is 5. The number of hydrogen-bond donors (Lipinski definition) is 2. The van der Waals surface area contributed by atoms with Gasteiger partial charge in [0.15, 0.2) is 0 Å². The molecule has 1 amide bonds. The molecule has 110 valence electrons. The van der Waals surface area contributed by atoms with Gasteiger partial charge < -0.3 is 10.4 Å². The summed E-state index contributed by atoms with van der Waals surface area (Å²) in [7, 11) is 0. The first-order valence-electron chi connectivity index (χ1n) is 7.05. The SMILES string of the molecule is N#Cc1cccc(NC(=O)CC2(CC(=O)O)CCCC2)c1. The normalized spacial score (nSPS) is 16.1. The average Bonchev–Trinajstić information content (AvgIpc) is 2.85. The second-order valence-corrected chi connectivity index (χ2v) is 5.70. The quantitative estimate of drug-likeness (QED) is 0.870. The highest BCUT2D eigenvalue weighted by Crippen LogP contribution is 2.44. The number of carboxylic acids is 1. The molecule has 1 aliphatic rings. The molecule has 1 aromatic carbocycles. The third-order valence-corrected chi connectivity index (χ3v) is 4.00. The average molecular weight is 286 g/mol. The van der Waals surface area contributed by atoms with Crippen LogP contribution in [0, 0.1) is 16.7 Å². The van der Waals surface area contributed by atoms with Gasteiger partial charge in [-0.25, -0.2) is 0 Å². The van der Waals surface area contributed by atoms with Crippen molar-refractivity contribution in [2.24, 2.45) is 5.41 Å². The molecule has 0 aliphatic heterocycles. The molecule has 5 nitrogen and oxygen atoms in total. The fourth-order valence-corrected chi connectivity index (χ4v) is 3.07. The summed E-state index contributed by atoms with van der Waals surface area (Å²) in [6, 6.07) is 8.72. The van der Waals surface area contributed by atoms with E-state index < -0.39 is 11.4 Å². The van der Waals surface area contributed by atoms with Crippen molar-refractivity contribution in [1.82, 2.24) is 0 Å². The molecular formula is C16H18N2O3. The number of benzene rings is 1. The third kappa shape index (κ3) is 4.06. The number of carbonyl (C=O) groups is 2. The number of carbonyl (C=O) groups excluding carboxylic acids is 1. The zero-order valence-corrected chi connectivity index (χ0v) is 11.8. The van der Waals surface area contributed by atoms with Gasteiger partial charge in [-0.15, -0.1) is 0 Å². The van der Waals surface area contributed by atoms with E-state index >= 15 is 0 Å². The zero-order chi connectivity index (χ0) is 15.3. The molecule has 0 heterocycles. The van der Waals surface area contributed by atoms with Crippen molar-refractivity contribution < 1.29 is 14.7 Å². The van der Waals surface area contributed by atoms with E-state index in [4.69, 9.17) is 10.4 Å². The van der Waals surface area contributed by atoms with Crippen LogP contribution in [0.25, 0.3) is 0 Å². The highest BCUT2D eigenvalue weighted by atomic mass is 16.4. The van der Waals surface area contributed by atoms with E-state index in [2.05, 4.69) is 5.32 Å². The van der Waals surface area contributed by atoms with E-state index in [-0.39, 0.29) is 18.7 Å². The number of nitriles is 1. The summed E-state index contributed by atoms with van der Waals surface area (Å²) < 4.78 is 0. The van der Waals surface area contributed by atoms with Gasteiger partial charge in [0, 0.05) is 12.1 Å². The predicted molar refractivity (Wildman–Crippen MR) is 77.6 cm³/mol. The van der Waals surface area contributed by atoms with E-state index in [9.17, 15) is 9.59 Å². The highest BCUT2D eigenvalue weighted by molar-refractivity contribution is 5.91. The highest BCUT2D eigenvalue weighted by Gasteiger charge is 2.37. The van der Waals surface area contributed by atoms with Gasteiger partial charge in [-0.3, -0.25) is 9.59 Å². The summed E-state index contributed by atoms with van der Waals surface area (Å²) in [6.07, 6.45) is 3.78. The van der Waals surface area contributed by atoms with Crippen LogP contribution in [0.1, 0.15) is 44.1 Å².